The van der Waals surface area contributed by atoms with Gasteiger partial charge in [-0.25, -0.2) is 9.13 Å². The highest BCUT2D eigenvalue weighted by molar-refractivity contribution is 7.47. The van der Waals surface area contributed by atoms with Crippen LogP contribution in [-0.4, -0.2) is 95.9 Å². The van der Waals surface area contributed by atoms with Gasteiger partial charge in [-0.3, -0.25) is 32.5 Å². The van der Waals surface area contributed by atoms with E-state index in [0.717, 1.165) is 205 Å². The Hall–Kier alpha value is -5.35. The van der Waals surface area contributed by atoms with Gasteiger partial charge in [0, 0.05) is 19.3 Å². The van der Waals surface area contributed by atoms with Gasteiger partial charge in [0.15, 0.2) is 6.10 Å². The molecule has 0 heterocycles. The molecular formula is C87H142O16P2. The van der Waals surface area contributed by atoms with E-state index in [9.17, 15) is 43.5 Å². The van der Waals surface area contributed by atoms with Gasteiger partial charge in [0.2, 0.25) is 0 Å². The second-order valence-electron chi connectivity index (χ2n) is 26.1. The molecule has 0 rings (SSSR count). The minimum atomic E-state index is -4.95. The van der Waals surface area contributed by atoms with Crippen LogP contribution >= 0.6 is 15.6 Å². The maximum atomic E-state index is 13.0. The first-order valence-electron chi connectivity index (χ1n) is 40.1. The van der Waals surface area contributed by atoms with Crippen molar-refractivity contribution in [3.05, 3.63) is 182 Å². The van der Waals surface area contributed by atoms with Gasteiger partial charge in [-0.05, 0) is 154 Å². The van der Waals surface area contributed by atoms with E-state index in [1.54, 1.807) is 0 Å². The molecule has 0 saturated heterocycles. The number of unbranched alkanes of at least 4 members (excludes halogenated alkanes) is 21. The number of hydrogen-bond donors (Lipinski definition) is 4. The molecule has 5 unspecified atom stereocenters. The molecule has 105 heavy (non-hydrogen) atoms. The molecule has 4 N–H and O–H groups in total. The Morgan fingerprint density at radius 2 is 0.476 bits per heavy atom. The van der Waals surface area contributed by atoms with Crippen LogP contribution in [0.3, 0.4) is 0 Å². The maximum absolute atomic E-state index is 13.0. The number of aliphatic hydroxyl groups excluding tert-OH is 2. The van der Waals surface area contributed by atoms with E-state index in [-0.39, 0.29) is 19.3 Å². The first-order valence-corrected chi connectivity index (χ1v) is 43.1. The summed E-state index contributed by atoms with van der Waals surface area (Å²) in [6.07, 6.45) is 101. The second kappa shape index (κ2) is 78.2. The second-order valence-corrected chi connectivity index (χ2v) is 29.0. The molecule has 18 heteroatoms. The van der Waals surface area contributed by atoms with Crippen molar-refractivity contribution < 1.29 is 75.8 Å². The number of aliphatic hydroxyl groups is 2. The monoisotopic (exact) mass is 1500 g/mol. The van der Waals surface area contributed by atoms with Gasteiger partial charge in [0.25, 0.3) is 0 Å². The minimum Gasteiger partial charge on any atom is -0.463 e. The molecule has 0 spiro atoms. The number of allylic oxidation sites excluding steroid dienone is 30. The number of rotatable bonds is 74. The van der Waals surface area contributed by atoms with Crippen molar-refractivity contribution in [2.45, 2.75) is 309 Å². The van der Waals surface area contributed by atoms with Gasteiger partial charge in [-0.1, -0.05) is 299 Å². The highest BCUT2D eigenvalue weighted by Gasteiger charge is 2.29. The van der Waals surface area contributed by atoms with Crippen LogP contribution < -0.4 is 0 Å². The molecular weight excluding hydrogens is 1360 g/mol. The summed E-state index contributed by atoms with van der Waals surface area (Å²) in [6, 6.07) is 0. The summed E-state index contributed by atoms with van der Waals surface area (Å²) in [4.78, 5) is 58.7. The number of phosphoric acid groups is 2. The summed E-state index contributed by atoms with van der Waals surface area (Å²) in [6.45, 7) is 2.29. The number of ether oxygens (including phenoxy) is 3. The van der Waals surface area contributed by atoms with E-state index in [2.05, 4.69) is 203 Å². The van der Waals surface area contributed by atoms with Crippen molar-refractivity contribution in [3.63, 3.8) is 0 Å². The molecule has 0 aliphatic heterocycles. The summed E-state index contributed by atoms with van der Waals surface area (Å²) >= 11 is 0. The Morgan fingerprint density at radius 3 is 0.752 bits per heavy atom. The number of hydrogen-bond acceptors (Lipinski definition) is 14. The van der Waals surface area contributed by atoms with Gasteiger partial charge < -0.3 is 34.2 Å². The van der Waals surface area contributed by atoms with Crippen LogP contribution in [0.1, 0.15) is 290 Å². The third kappa shape index (κ3) is 79.5. The SMILES string of the molecule is CC/C=C\C/C=C\C/C=C\C/C=C\C/C=C\C/C=C\CCCCCCCCCCC(=O)OCC(O)COP(=O)(O)OCC(O)COP(=O)(O)OCC(COC(=O)CCCCCCCCCC/C=C\C/C=C\C/C=C\C/C=C\C/C=C\C/C=C\CC)OC(=O)CCCCCCC/C=C\C/C=C\C/C=C\CC. The standard InChI is InChI=1S/C87H142O16P2/c1-4-7-10-13-16-19-22-25-28-30-32-34-36-38-40-42-44-46-48-50-53-55-58-61-64-67-70-73-85(90)97-76-82(88)77-99-104(93,94)100-78-83(89)79-101-105(95,96)102-81-84(103-87(92)75-72-69-66-63-60-57-52-27-24-21-18-15-12-9-6-3)80-98-86(91)74-71-68-65-62-59-56-54-51-49-47-45-43-41-39-37-35-33-31-29-26-23-20-17-14-11-8-5-2/h7-12,16-21,25-29,32-35,38-41,44-47,52,82-84,88-89H,4-6,13-15,22-24,30-31,36-37,42-43,48-51,53-81H2,1-3H3,(H,93,94)(H,95,96)/b10-7-,11-8-,12-9-,19-16-,20-17-,21-18-,28-25-,29-26-,34-32-,35-33-,40-38-,41-39-,46-44-,47-45-,52-27-. The topological polar surface area (TPSA) is 231 Å². The van der Waals surface area contributed by atoms with Crippen molar-refractivity contribution in [1.29, 1.82) is 0 Å². The molecule has 0 aliphatic carbocycles. The van der Waals surface area contributed by atoms with Crippen molar-refractivity contribution >= 4 is 33.6 Å². The van der Waals surface area contributed by atoms with Crippen LogP contribution in [0.25, 0.3) is 0 Å². The van der Waals surface area contributed by atoms with Crippen molar-refractivity contribution in [2.75, 3.05) is 39.6 Å². The number of carbonyl (C=O) groups excluding carboxylic acids is 3. The lowest BCUT2D eigenvalue weighted by Crippen LogP contribution is -2.30. The fourth-order valence-corrected chi connectivity index (χ4v) is 11.7. The van der Waals surface area contributed by atoms with Crippen LogP contribution in [0.15, 0.2) is 182 Å². The lowest BCUT2D eigenvalue weighted by molar-refractivity contribution is -0.161. The van der Waals surface area contributed by atoms with E-state index in [1.807, 2.05) is 0 Å². The fourth-order valence-electron chi connectivity index (χ4n) is 10.1. The zero-order chi connectivity index (χ0) is 76.6. The molecule has 0 aliphatic rings. The fraction of sp³-hybridized carbons (Fsp3) is 0.621. The molecule has 5 atom stereocenters. The summed E-state index contributed by atoms with van der Waals surface area (Å²) in [7, 11) is -9.81. The third-order valence-electron chi connectivity index (χ3n) is 16.1. The minimum absolute atomic E-state index is 0.0767. The largest absolute Gasteiger partial charge is 0.472 e. The van der Waals surface area contributed by atoms with Gasteiger partial charge >= 0.3 is 33.6 Å². The molecule has 16 nitrogen and oxygen atoms in total. The van der Waals surface area contributed by atoms with Gasteiger partial charge in [0.05, 0.1) is 26.4 Å². The lowest BCUT2D eigenvalue weighted by atomic mass is 10.1. The molecule has 0 aromatic rings. The first-order chi connectivity index (χ1) is 51.2. The molecule has 0 fully saturated rings. The molecule has 0 bridgehead atoms. The van der Waals surface area contributed by atoms with Crippen LogP contribution in [0, 0.1) is 0 Å². The van der Waals surface area contributed by atoms with Crippen molar-refractivity contribution in [2.24, 2.45) is 0 Å². The average molecular weight is 1510 g/mol. The average Bonchev–Trinajstić information content (AvgIpc) is 0.942. The lowest BCUT2D eigenvalue weighted by Gasteiger charge is -2.21. The van der Waals surface area contributed by atoms with Crippen molar-refractivity contribution in [1.82, 2.24) is 0 Å². The van der Waals surface area contributed by atoms with Crippen LogP contribution in [0.4, 0.5) is 0 Å². The highest BCUT2D eigenvalue weighted by Crippen LogP contribution is 2.45. The van der Waals surface area contributed by atoms with E-state index < -0.39 is 91.5 Å². The quantitative estimate of drug-likeness (QED) is 0.0146. The predicted molar refractivity (Wildman–Crippen MR) is 435 cm³/mol. The highest BCUT2D eigenvalue weighted by atomic mass is 31.2. The Balaban J connectivity index is 4.62. The van der Waals surface area contributed by atoms with Crippen LogP contribution in [-0.2, 0) is 55.8 Å². The Kier molecular flexibility index (Phi) is 74.3. The number of phosphoric ester groups is 2. The molecule has 0 radical (unpaired) electrons. The molecule has 0 aromatic carbocycles. The van der Waals surface area contributed by atoms with Gasteiger partial charge in [-0.15, -0.1) is 0 Å². The Morgan fingerprint density at radius 1 is 0.267 bits per heavy atom. The zero-order valence-corrected chi connectivity index (χ0v) is 66.9. The summed E-state index contributed by atoms with van der Waals surface area (Å²) < 4.78 is 61.2. The number of esters is 3. The first kappa shape index (κ1) is 99.7. The summed E-state index contributed by atoms with van der Waals surface area (Å²) in [5.41, 5.74) is 0. The smallest absolute Gasteiger partial charge is 0.463 e. The molecule has 0 saturated carbocycles. The van der Waals surface area contributed by atoms with E-state index in [1.165, 1.54) is 25.7 Å². The third-order valence-corrected chi connectivity index (χ3v) is 18.0. The van der Waals surface area contributed by atoms with Crippen molar-refractivity contribution in [3.8, 4) is 0 Å². The molecule has 596 valence electrons. The normalized spacial score (nSPS) is 14.9. The Bertz CT molecular complexity index is 2640. The van der Waals surface area contributed by atoms with Gasteiger partial charge in [-0.2, -0.15) is 0 Å². The zero-order valence-electron chi connectivity index (χ0n) is 65.1. The summed E-state index contributed by atoms with van der Waals surface area (Å²) in [5.74, 6) is -1.62. The number of carbonyl (C=O) groups is 3. The van der Waals surface area contributed by atoms with Gasteiger partial charge in [0.1, 0.15) is 25.4 Å². The Labute approximate surface area is 636 Å². The van der Waals surface area contributed by atoms with Crippen LogP contribution in [0.5, 0.6) is 0 Å². The molecule has 0 amide bonds. The van der Waals surface area contributed by atoms with Crippen LogP contribution in [0.2, 0.25) is 0 Å². The predicted octanol–water partition coefficient (Wildman–Crippen LogP) is 23.8. The van der Waals surface area contributed by atoms with E-state index in [0.29, 0.717) is 19.3 Å². The van der Waals surface area contributed by atoms with E-state index in [4.69, 9.17) is 32.3 Å². The van der Waals surface area contributed by atoms with E-state index >= 15 is 0 Å². The summed E-state index contributed by atoms with van der Waals surface area (Å²) in [5, 5.41) is 20.6. The molecule has 0 aromatic heterocycles. The maximum Gasteiger partial charge on any atom is 0.472 e.